The summed E-state index contributed by atoms with van der Waals surface area (Å²) in [6.45, 7) is 0.393. The fourth-order valence-corrected chi connectivity index (χ4v) is 3.86. The van der Waals surface area contributed by atoms with Crippen LogP contribution in [0.15, 0.2) is 79.5 Å². The number of imidazole rings is 1. The minimum Gasteiger partial charge on any atom is -0.335 e. The van der Waals surface area contributed by atoms with Gasteiger partial charge >= 0.3 is 6.03 Å². The van der Waals surface area contributed by atoms with Crippen LogP contribution in [0.25, 0.3) is 22.4 Å². The normalized spacial score (nSPS) is 14.1. The third kappa shape index (κ3) is 3.20. The quantitative estimate of drug-likeness (QED) is 0.532. The summed E-state index contributed by atoms with van der Waals surface area (Å²) in [7, 11) is 0. The van der Waals surface area contributed by atoms with Gasteiger partial charge in [-0.1, -0.05) is 24.3 Å². The second kappa shape index (κ2) is 7.44. The van der Waals surface area contributed by atoms with Crippen LogP contribution in [-0.2, 0) is 0 Å². The second-order valence-corrected chi connectivity index (χ2v) is 7.05. The summed E-state index contributed by atoms with van der Waals surface area (Å²) in [6.07, 6.45) is 6.82. The zero-order valence-corrected chi connectivity index (χ0v) is 15.9. The lowest BCUT2D eigenvalue weighted by molar-refractivity contribution is 0.251. The third-order valence-corrected chi connectivity index (χ3v) is 5.27. The van der Waals surface area contributed by atoms with Gasteiger partial charge in [-0.15, -0.1) is 0 Å². The highest BCUT2D eigenvalue weighted by molar-refractivity contribution is 5.89. The van der Waals surface area contributed by atoms with Crippen LogP contribution < -0.4 is 10.6 Å². The first-order valence-electron chi connectivity index (χ1n) is 9.56. The Balaban J connectivity index is 1.27. The van der Waals surface area contributed by atoms with E-state index in [1.54, 1.807) is 43.0 Å². The monoisotopic (exact) mass is 399 g/mol. The van der Waals surface area contributed by atoms with Crippen LogP contribution >= 0.6 is 0 Å². The zero-order valence-electron chi connectivity index (χ0n) is 15.9. The Hall–Kier alpha value is -4.00. The van der Waals surface area contributed by atoms with Crippen molar-refractivity contribution >= 4 is 11.7 Å². The van der Waals surface area contributed by atoms with Crippen molar-refractivity contribution in [2.24, 2.45) is 0 Å². The van der Waals surface area contributed by atoms with Gasteiger partial charge in [-0.05, 0) is 41.5 Å². The highest BCUT2D eigenvalue weighted by Gasteiger charge is 2.28. The third-order valence-electron chi connectivity index (χ3n) is 5.27. The Labute approximate surface area is 172 Å². The van der Waals surface area contributed by atoms with Crippen LogP contribution in [0, 0.1) is 5.82 Å². The number of pyridine rings is 1. The number of nitrogens with one attached hydrogen (secondary N) is 2. The van der Waals surface area contributed by atoms with E-state index in [4.69, 9.17) is 0 Å². The number of urea groups is 1. The fraction of sp³-hybridized carbons (Fsp3) is 0.0870. The van der Waals surface area contributed by atoms with Crippen molar-refractivity contribution in [2.45, 2.75) is 6.04 Å². The molecule has 0 radical (unpaired) electrons. The van der Waals surface area contributed by atoms with Gasteiger partial charge in [0.05, 0.1) is 24.3 Å². The number of nitrogens with zero attached hydrogens (tertiary/aromatic N) is 3. The van der Waals surface area contributed by atoms with Crippen molar-refractivity contribution in [1.82, 2.24) is 19.9 Å². The number of carbonyl (C=O) groups excluding carboxylic acids is 1. The summed E-state index contributed by atoms with van der Waals surface area (Å²) in [5.74, 6) is -0.410. The van der Waals surface area contributed by atoms with E-state index in [1.807, 2.05) is 22.9 Å². The predicted molar refractivity (Wildman–Crippen MR) is 112 cm³/mol. The van der Waals surface area contributed by atoms with Crippen molar-refractivity contribution in [3.8, 4) is 22.4 Å². The number of hydrogen-bond donors (Lipinski definition) is 2. The molecule has 30 heavy (non-hydrogen) atoms. The maximum atomic E-state index is 14.5. The van der Waals surface area contributed by atoms with E-state index in [9.17, 15) is 9.18 Å². The van der Waals surface area contributed by atoms with Crippen molar-refractivity contribution in [3.05, 3.63) is 90.9 Å². The number of halogens is 1. The topological polar surface area (TPSA) is 71.8 Å². The summed E-state index contributed by atoms with van der Waals surface area (Å²) in [5, 5.41) is 5.58. The number of hydrogen-bond acceptors (Lipinski definition) is 3. The maximum absolute atomic E-state index is 14.5. The lowest BCUT2D eigenvalue weighted by Gasteiger charge is -2.16. The van der Waals surface area contributed by atoms with E-state index in [2.05, 4.69) is 32.7 Å². The molecule has 2 N–H and O–H groups in total. The maximum Gasteiger partial charge on any atom is 0.319 e. The van der Waals surface area contributed by atoms with E-state index in [0.29, 0.717) is 17.8 Å². The Kier molecular flexibility index (Phi) is 4.48. The van der Waals surface area contributed by atoms with Gasteiger partial charge in [-0.2, -0.15) is 0 Å². The van der Waals surface area contributed by atoms with Gasteiger partial charge in [0.15, 0.2) is 0 Å². The summed E-state index contributed by atoms with van der Waals surface area (Å²) in [4.78, 5) is 20.6. The summed E-state index contributed by atoms with van der Waals surface area (Å²) < 4.78 is 16.6. The number of aromatic nitrogens is 3. The SMILES string of the molecule is O=C(NCC1c2ccccc2-c2cncn21)Nc1ccc(-c2ccncc2)c(F)c1. The minimum absolute atomic E-state index is 0.0322. The summed E-state index contributed by atoms with van der Waals surface area (Å²) in [6, 6.07) is 15.8. The van der Waals surface area contributed by atoms with Crippen LogP contribution in [0.5, 0.6) is 0 Å². The molecule has 148 valence electrons. The van der Waals surface area contributed by atoms with Crippen LogP contribution in [0.2, 0.25) is 0 Å². The fourth-order valence-electron chi connectivity index (χ4n) is 3.86. The molecule has 0 saturated heterocycles. The van der Waals surface area contributed by atoms with E-state index in [0.717, 1.165) is 22.4 Å². The summed E-state index contributed by atoms with van der Waals surface area (Å²) >= 11 is 0. The minimum atomic E-state index is -0.410. The molecule has 1 atom stereocenters. The molecule has 2 amide bonds. The number of rotatable bonds is 4. The lowest BCUT2D eigenvalue weighted by atomic mass is 10.0. The van der Waals surface area contributed by atoms with Gasteiger partial charge in [0, 0.05) is 35.8 Å². The van der Waals surface area contributed by atoms with Crippen LogP contribution in [-0.4, -0.2) is 27.1 Å². The first-order valence-corrected chi connectivity index (χ1v) is 9.56. The molecule has 0 aliphatic carbocycles. The zero-order chi connectivity index (χ0) is 20.5. The molecule has 0 saturated carbocycles. The number of benzene rings is 2. The van der Waals surface area contributed by atoms with Crippen molar-refractivity contribution in [3.63, 3.8) is 0 Å². The highest BCUT2D eigenvalue weighted by Crippen LogP contribution is 2.38. The van der Waals surface area contributed by atoms with Gasteiger partial charge < -0.3 is 15.2 Å². The first kappa shape index (κ1) is 18.1. The molecule has 0 spiro atoms. The van der Waals surface area contributed by atoms with E-state index < -0.39 is 11.8 Å². The van der Waals surface area contributed by atoms with Gasteiger partial charge in [0.25, 0.3) is 0 Å². The number of carbonyl (C=O) groups is 1. The smallest absolute Gasteiger partial charge is 0.319 e. The van der Waals surface area contributed by atoms with Crippen LogP contribution in [0.1, 0.15) is 11.6 Å². The Morgan fingerprint density at radius 3 is 2.70 bits per heavy atom. The Morgan fingerprint density at radius 2 is 1.87 bits per heavy atom. The molecule has 0 fully saturated rings. The number of anilines is 1. The van der Waals surface area contributed by atoms with E-state index >= 15 is 0 Å². The molecule has 6 nitrogen and oxygen atoms in total. The van der Waals surface area contributed by atoms with Crippen molar-refractivity contribution in [1.29, 1.82) is 0 Å². The van der Waals surface area contributed by atoms with Crippen LogP contribution in [0.4, 0.5) is 14.9 Å². The highest BCUT2D eigenvalue weighted by atomic mass is 19.1. The Morgan fingerprint density at radius 1 is 1.03 bits per heavy atom. The molecule has 2 aromatic heterocycles. The predicted octanol–water partition coefficient (Wildman–Crippen LogP) is 4.48. The molecule has 1 aliphatic heterocycles. The largest absolute Gasteiger partial charge is 0.335 e. The van der Waals surface area contributed by atoms with E-state index in [1.165, 1.54) is 6.07 Å². The number of amides is 2. The molecule has 5 rings (SSSR count). The van der Waals surface area contributed by atoms with Gasteiger partial charge in [0.1, 0.15) is 5.82 Å². The molecule has 1 aliphatic rings. The molecular formula is C23H18FN5O. The Bertz CT molecular complexity index is 1220. The van der Waals surface area contributed by atoms with Gasteiger partial charge in [-0.3, -0.25) is 4.98 Å². The average molecular weight is 399 g/mol. The molecule has 3 heterocycles. The lowest BCUT2D eigenvalue weighted by Crippen LogP contribution is -2.33. The molecule has 1 unspecified atom stereocenters. The molecule has 2 aromatic carbocycles. The number of fused-ring (bicyclic) bond motifs is 3. The van der Waals surface area contributed by atoms with Gasteiger partial charge in [0.2, 0.25) is 0 Å². The standard InChI is InChI=1S/C23H18FN5O/c24-20-11-16(5-6-17(20)15-7-9-25-10-8-15)28-23(30)27-13-22-19-4-2-1-3-18(19)21-12-26-14-29(21)22/h1-12,14,22H,13H2,(H2,27,28,30). The molecular weight excluding hydrogens is 381 g/mol. The molecule has 7 heteroatoms. The van der Waals surface area contributed by atoms with Crippen molar-refractivity contribution < 1.29 is 9.18 Å². The van der Waals surface area contributed by atoms with Gasteiger partial charge in [-0.25, -0.2) is 14.2 Å². The first-order chi connectivity index (χ1) is 14.7. The van der Waals surface area contributed by atoms with E-state index in [-0.39, 0.29) is 6.04 Å². The summed E-state index contributed by atoms with van der Waals surface area (Å²) in [5.41, 5.74) is 4.87. The van der Waals surface area contributed by atoms with Crippen LogP contribution in [0.3, 0.4) is 0 Å². The average Bonchev–Trinajstić information content (AvgIpc) is 3.34. The molecule has 0 bridgehead atoms. The molecule has 4 aromatic rings. The van der Waals surface area contributed by atoms with Crippen molar-refractivity contribution in [2.75, 3.05) is 11.9 Å². The second-order valence-electron chi connectivity index (χ2n) is 7.05.